The van der Waals surface area contributed by atoms with Gasteiger partial charge in [0.15, 0.2) is 0 Å². The van der Waals surface area contributed by atoms with Crippen LogP contribution in [0.5, 0.6) is 0 Å². The third-order valence-electron chi connectivity index (χ3n) is 3.02. The van der Waals surface area contributed by atoms with Gasteiger partial charge in [-0.3, -0.25) is 0 Å². The van der Waals surface area contributed by atoms with Crippen LogP contribution in [0.4, 0.5) is 5.69 Å². The number of aliphatic hydroxyl groups is 1. The molecular weight excluding hydrogens is 317 g/mol. The zero-order valence-corrected chi connectivity index (χ0v) is 13.1. The van der Waals surface area contributed by atoms with Crippen LogP contribution in [0.15, 0.2) is 36.4 Å². The fourth-order valence-corrected chi connectivity index (χ4v) is 2.67. The highest BCUT2D eigenvalue weighted by molar-refractivity contribution is 6.48. The second-order valence-corrected chi connectivity index (χ2v) is 5.65. The first-order valence-electron chi connectivity index (χ1n) is 6.12. The van der Waals surface area contributed by atoms with Crippen molar-refractivity contribution in [1.82, 2.24) is 0 Å². The third kappa shape index (κ3) is 3.39. The van der Waals surface area contributed by atoms with Crippen molar-refractivity contribution in [2.75, 3.05) is 5.32 Å². The Hall–Kier alpha value is -0.930. The van der Waals surface area contributed by atoms with Crippen molar-refractivity contribution in [2.24, 2.45) is 0 Å². The third-order valence-corrected chi connectivity index (χ3v) is 4.33. The highest BCUT2D eigenvalue weighted by atomic mass is 35.5. The molecule has 0 aliphatic rings. The summed E-state index contributed by atoms with van der Waals surface area (Å²) in [5, 5.41) is 13.7. The molecule has 2 nitrogen and oxygen atoms in total. The molecule has 0 aromatic heterocycles. The van der Waals surface area contributed by atoms with Gasteiger partial charge >= 0.3 is 0 Å². The monoisotopic (exact) mass is 329 g/mol. The lowest BCUT2D eigenvalue weighted by Gasteiger charge is -2.18. The van der Waals surface area contributed by atoms with Gasteiger partial charge in [0.05, 0.1) is 27.7 Å². The maximum Gasteiger partial charge on any atom is 0.0782 e. The quantitative estimate of drug-likeness (QED) is 0.744. The number of nitrogens with one attached hydrogen (secondary N) is 1. The van der Waals surface area contributed by atoms with E-state index >= 15 is 0 Å². The molecule has 1 atom stereocenters. The van der Waals surface area contributed by atoms with Crippen LogP contribution in [0.1, 0.15) is 24.1 Å². The van der Waals surface area contributed by atoms with Crippen LogP contribution in [-0.2, 0) is 6.61 Å². The van der Waals surface area contributed by atoms with Crippen molar-refractivity contribution in [2.45, 2.75) is 19.6 Å². The Bertz CT molecular complexity index is 616. The van der Waals surface area contributed by atoms with Crippen LogP contribution in [0.25, 0.3) is 0 Å². The molecule has 5 heteroatoms. The number of aliphatic hydroxyl groups excluding tert-OH is 1. The zero-order valence-electron chi connectivity index (χ0n) is 10.8. The standard InChI is InChI=1S/C15H14Cl3NO/c1-9(12-5-6-13(16)15(18)14(12)17)19-11-4-2-3-10(7-11)8-20/h2-7,9,19-20H,8H2,1H3. The fraction of sp³-hybridized carbons (Fsp3) is 0.200. The summed E-state index contributed by atoms with van der Waals surface area (Å²) in [6, 6.07) is 11.1. The van der Waals surface area contributed by atoms with Gasteiger partial charge in [-0.05, 0) is 36.2 Å². The molecule has 2 N–H and O–H groups in total. The molecule has 0 heterocycles. The van der Waals surface area contributed by atoms with E-state index in [0.717, 1.165) is 16.8 Å². The number of hydrogen-bond acceptors (Lipinski definition) is 2. The summed E-state index contributed by atoms with van der Waals surface area (Å²) in [5.74, 6) is 0. The highest BCUT2D eigenvalue weighted by Gasteiger charge is 2.14. The minimum absolute atomic E-state index is 0.0113. The number of benzene rings is 2. The molecule has 0 bridgehead atoms. The lowest BCUT2D eigenvalue weighted by atomic mass is 10.1. The molecule has 1 unspecified atom stereocenters. The van der Waals surface area contributed by atoms with Crippen LogP contribution in [0.3, 0.4) is 0 Å². The molecule has 2 rings (SSSR count). The van der Waals surface area contributed by atoms with Crippen molar-refractivity contribution >= 4 is 40.5 Å². The topological polar surface area (TPSA) is 32.3 Å². The number of anilines is 1. The largest absolute Gasteiger partial charge is 0.392 e. The van der Waals surface area contributed by atoms with Crippen molar-refractivity contribution in [1.29, 1.82) is 0 Å². The van der Waals surface area contributed by atoms with Gasteiger partial charge in [0.2, 0.25) is 0 Å². The number of rotatable bonds is 4. The Morgan fingerprint density at radius 1 is 1.10 bits per heavy atom. The molecule has 106 valence electrons. The fourth-order valence-electron chi connectivity index (χ4n) is 1.96. The van der Waals surface area contributed by atoms with Crippen molar-refractivity contribution in [3.8, 4) is 0 Å². The Balaban J connectivity index is 2.23. The zero-order chi connectivity index (χ0) is 14.7. The molecule has 0 fully saturated rings. The summed E-state index contributed by atoms with van der Waals surface area (Å²) < 4.78 is 0. The normalized spacial score (nSPS) is 12.2. The molecule has 0 saturated carbocycles. The molecule has 0 saturated heterocycles. The van der Waals surface area contributed by atoms with E-state index in [0.29, 0.717) is 15.1 Å². The Kier molecular flexibility index (Phi) is 5.17. The van der Waals surface area contributed by atoms with Gasteiger partial charge in [0.1, 0.15) is 0 Å². The molecule has 0 aliphatic heterocycles. The predicted octanol–water partition coefficient (Wildman–Crippen LogP) is 5.31. The van der Waals surface area contributed by atoms with E-state index in [1.165, 1.54) is 0 Å². The lowest BCUT2D eigenvalue weighted by molar-refractivity contribution is 0.282. The average molecular weight is 331 g/mol. The van der Waals surface area contributed by atoms with Crippen LogP contribution >= 0.6 is 34.8 Å². The van der Waals surface area contributed by atoms with E-state index < -0.39 is 0 Å². The summed E-state index contributed by atoms with van der Waals surface area (Å²) in [7, 11) is 0. The van der Waals surface area contributed by atoms with E-state index in [4.69, 9.17) is 39.9 Å². The maximum absolute atomic E-state index is 9.14. The smallest absolute Gasteiger partial charge is 0.0782 e. The molecule has 2 aromatic carbocycles. The SMILES string of the molecule is CC(Nc1cccc(CO)c1)c1ccc(Cl)c(Cl)c1Cl. The van der Waals surface area contributed by atoms with Crippen molar-refractivity contribution in [3.63, 3.8) is 0 Å². The van der Waals surface area contributed by atoms with Gasteiger partial charge in [-0.25, -0.2) is 0 Å². The Morgan fingerprint density at radius 2 is 1.85 bits per heavy atom. The molecular formula is C15H14Cl3NO. The first-order chi connectivity index (χ1) is 9.52. The first kappa shape index (κ1) is 15.5. The van der Waals surface area contributed by atoms with Crippen LogP contribution in [0, 0.1) is 0 Å². The van der Waals surface area contributed by atoms with E-state index in [1.807, 2.05) is 37.3 Å². The summed E-state index contributed by atoms with van der Waals surface area (Å²) in [6.07, 6.45) is 0. The summed E-state index contributed by atoms with van der Waals surface area (Å²) in [5.41, 5.74) is 2.63. The molecule has 20 heavy (non-hydrogen) atoms. The second kappa shape index (κ2) is 6.68. The number of halogens is 3. The van der Waals surface area contributed by atoms with Gasteiger partial charge in [0, 0.05) is 5.69 Å². The Morgan fingerprint density at radius 3 is 2.55 bits per heavy atom. The van der Waals surface area contributed by atoms with Crippen LogP contribution < -0.4 is 5.32 Å². The van der Waals surface area contributed by atoms with Gasteiger partial charge in [-0.2, -0.15) is 0 Å². The van der Waals surface area contributed by atoms with E-state index in [9.17, 15) is 0 Å². The van der Waals surface area contributed by atoms with Crippen LogP contribution in [0.2, 0.25) is 15.1 Å². The number of hydrogen-bond donors (Lipinski definition) is 2. The molecule has 0 radical (unpaired) electrons. The highest BCUT2D eigenvalue weighted by Crippen LogP contribution is 2.36. The van der Waals surface area contributed by atoms with Gasteiger partial charge < -0.3 is 10.4 Å². The summed E-state index contributed by atoms with van der Waals surface area (Å²) in [4.78, 5) is 0. The Labute approximate surface area is 133 Å². The van der Waals surface area contributed by atoms with Crippen molar-refractivity contribution in [3.05, 3.63) is 62.6 Å². The van der Waals surface area contributed by atoms with Gasteiger partial charge in [0.25, 0.3) is 0 Å². The van der Waals surface area contributed by atoms with Crippen molar-refractivity contribution < 1.29 is 5.11 Å². The molecule has 0 amide bonds. The van der Waals surface area contributed by atoms with E-state index in [2.05, 4.69) is 5.32 Å². The molecule has 0 aliphatic carbocycles. The average Bonchev–Trinajstić information content (AvgIpc) is 2.45. The first-order valence-corrected chi connectivity index (χ1v) is 7.26. The van der Waals surface area contributed by atoms with Crippen LogP contribution in [-0.4, -0.2) is 5.11 Å². The van der Waals surface area contributed by atoms with E-state index in [1.54, 1.807) is 6.07 Å². The maximum atomic E-state index is 9.14. The molecule has 0 spiro atoms. The predicted molar refractivity (Wildman–Crippen MR) is 85.9 cm³/mol. The lowest BCUT2D eigenvalue weighted by Crippen LogP contribution is -2.07. The minimum Gasteiger partial charge on any atom is -0.392 e. The van der Waals surface area contributed by atoms with E-state index in [-0.39, 0.29) is 12.6 Å². The second-order valence-electron chi connectivity index (χ2n) is 4.49. The van der Waals surface area contributed by atoms with Gasteiger partial charge in [-0.1, -0.05) is 53.0 Å². The van der Waals surface area contributed by atoms with Gasteiger partial charge in [-0.15, -0.1) is 0 Å². The summed E-state index contributed by atoms with van der Waals surface area (Å²) >= 11 is 18.2. The molecule has 2 aromatic rings. The minimum atomic E-state index is -0.0359. The summed E-state index contributed by atoms with van der Waals surface area (Å²) in [6.45, 7) is 1.99.